The lowest BCUT2D eigenvalue weighted by molar-refractivity contribution is -0.264. The van der Waals surface area contributed by atoms with Crippen LogP contribution in [0.2, 0.25) is 0 Å². The number of aliphatic hydroxyl groups excluding tert-OH is 1. The van der Waals surface area contributed by atoms with Gasteiger partial charge < -0.3 is 14.9 Å². The quantitative estimate of drug-likeness (QED) is 0.123. The highest BCUT2D eigenvalue weighted by molar-refractivity contribution is 6.29. The third kappa shape index (κ3) is 11.2. The van der Waals surface area contributed by atoms with E-state index in [0.29, 0.717) is 17.9 Å². The molecule has 0 bridgehead atoms. The highest BCUT2D eigenvalue weighted by atomic mass is 35.5. The molecule has 1 aliphatic rings. The molecule has 1 fully saturated rings. The van der Waals surface area contributed by atoms with Gasteiger partial charge in [0, 0.05) is 29.1 Å². The molecule has 182 valence electrons. The zero-order chi connectivity index (χ0) is 24.9. The molecule has 2 N–H and O–H groups in total. The van der Waals surface area contributed by atoms with Crippen LogP contribution in [0.4, 0.5) is 0 Å². The lowest BCUT2D eigenvalue weighted by Crippen LogP contribution is -2.52. The summed E-state index contributed by atoms with van der Waals surface area (Å²) in [5.41, 5.74) is 0.930. The summed E-state index contributed by atoms with van der Waals surface area (Å²) in [6.45, 7) is 5.83. The Kier molecular flexibility index (Phi) is 13.4. The SMILES string of the molecule is CC/C=C/C1OC(O)(CC[C@H](C)/C(Cl)=C/C=C/C=C(C)/C=C/C=C/C(=O)N=O)CC(O)C1Cl. The van der Waals surface area contributed by atoms with Crippen molar-refractivity contribution in [2.24, 2.45) is 11.1 Å². The number of aliphatic hydroxyl groups is 2. The first-order valence-electron chi connectivity index (χ1n) is 10.9. The summed E-state index contributed by atoms with van der Waals surface area (Å²) in [5, 5.41) is 23.4. The summed E-state index contributed by atoms with van der Waals surface area (Å²) >= 11 is 12.6. The molecule has 0 aliphatic carbocycles. The van der Waals surface area contributed by atoms with Crippen molar-refractivity contribution in [3.63, 3.8) is 0 Å². The summed E-state index contributed by atoms with van der Waals surface area (Å²) in [5.74, 6) is -2.30. The van der Waals surface area contributed by atoms with Gasteiger partial charge in [0.05, 0.1) is 17.6 Å². The first kappa shape index (κ1) is 29.2. The number of hydrogen-bond donors (Lipinski definition) is 2. The van der Waals surface area contributed by atoms with E-state index in [1.807, 2.05) is 45.1 Å². The fourth-order valence-corrected chi connectivity index (χ4v) is 3.54. The van der Waals surface area contributed by atoms with Crippen molar-refractivity contribution in [3.05, 3.63) is 76.3 Å². The van der Waals surface area contributed by atoms with Crippen molar-refractivity contribution < 1.29 is 19.7 Å². The van der Waals surface area contributed by atoms with Crippen molar-refractivity contribution in [1.29, 1.82) is 0 Å². The van der Waals surface area contributed by atoms with E-state index >= 15 is 0 Å². The number of nitrogens with zero attached hydrogens (tertiary/aromatic N) is 1. The number of allylic oxidation sites excluding steroid dienone is 10. The molecule has 33 heavy (non-hydrogen) atoms. The number of hydrogen-bond acceptors (Lipinski definition) is 5. The van der Waals surface area contributed by atoms with Crippen LogP contribution in [0.15, 0.2) is 76.5 Å². The lowest BCUT2D eigenvalue weighted by Gasteiger charge is -2.42. The van der Waals surface area contributed by atoms with Crippen LogP contribution in [0.3, 0.4) is 0 Å². The predicted molar refractivity (Wildman–Crippen MR) is 134 cm³/mol. The van der Waals surface area contributed by atoms with Gasteiger partial charge in [0.1, 0.15) is 0 Å². The topological polar surface area (TPSA) is 96.2 Å². The van der Waals surface area contributed by atoms with Crippen LogP contribution < -0.4 is 0 Å². The Balaban J connectivity index is 2.61. The third-order valence-electron chi connectivity index (χ3n) is 5.09. The molecule has 0 aromatic carbocycles. The number of alkyl halides is 1. The van der Waals surface area contributed by atoms with Crippen LogP contribution in [-0.4, -0.2) is 39.5 Å². The number of amides is 1. The summed E-state index contributed by atoms with van der Waals surface area (Å²) in [6.07, 6.45) is 17.3. The van der Waals surface area contributed by atoms with E-state index in [0.717, 1.165) is 18.1 Å². The second-order valence-corrected chi connectivity index (χ2v) is 8.96. The molecule has 0 aromatic rings. The Morgan fingerprint density at radius 2 is 1.91 bits per heavy atom. The van der Waals surface area contributed by atoms with Crippen LogP contribution in [0.5, 0.6) is 0 Å². The van der Waals surface area contributed by atoms with Crippen LogP contribution in [0.25, 0.3) is 0 Å². The van der Waals surface area contributed by atoms with Crippen LogP contribution in [0, 0.1) is 10.8 Å². The zero-order valence-corrected chi connectivity index (χ0v) is 20.7. The van der Waals surface area contributed by atoms with Gasteiger partial charge in [0.2, 0.25) is 0 Å². The molecule has 4 unspecified atom stereocenters. The molecule has 0 saturated carbocycles. The number of halogens is 2. The Labute approximate surface area is 206 Å². The molecule has 0 spiro atoms. The summed E-state index contributed by atoms with van der Waals surface area (Å²) in [4.78, 5) is 20.7. The number of ether oxygens (including phenoxy) is 1. The highest BCUT2D eigenvalue weighted by Crippen LogP contribution is 2.36. The van der Waals surface area contributed by atoms with E-state index in [2.05, 4.69) is 5.18 Å². The molecular formula is C25H33Cl2NO5. The zero-order valence-electron chi connectivity index (χ0n) is 19.2. The second-order valence-electron chi connectivity index (χ2n) is 8.02. The molecule has 6 nitrogen and oxygen atoms in total. The second kappa shape index (κ2) is 15.1. The molecule has 1 aliphatic heterocycles. The van der Waals surface area contributed by atoms with Crippen molar-refractivity contribution in [2.75, 3.05) is 0 Å². The molecular weight excluding hydrogens is 465 g/mol. The third-order valence-corrected chi connectivity index (χ3v) is 6.13. The number of carbonyl (C=O) groups is 1. The average molecular weight is 498 g/mol. The number of carbonyl (C=O) groups excluding carboxylic acids is 1. The predicted octanol–water partition coefficient (Wildman–Crippen LogP) is 5.85. The maximum absolute atomic E-state index is 10.9. The van der Waals surface area contributed by atoms with Crippen molar-refractivity contribution in [3.8, 4) is 0 Å². The molecule has 1 amide bonds. The monoisotopic (exact) mass is 497 g/mol. The summed E-state index contributed by atoms with van der Waals surface area (Å²) < 4.78 is 5.82. The maximum atomic E-state index is 10.9. The first-order chi connectivity index (χ1) is 15.6. The van der Waals surface area contributed by atoms with Crippen molar-refractivity contribution >= 4 is 29.1 Å². The number of nitroso groups, excluding NO2 is 1. The minimum atomic E-state index is -1.46. The van der Waals surface area contributed by atoms with Gasteiger partial charge in [-0.15, -0.1) is 16.5 Å². The molecule has 0 radical (unpaired) electrons. The van der Waals surface area contributed by atoms with Gasteiger partial charge >= 0.3 is 5.91 Å². The Bertz CT molecular complexity index is 831. The van der Waals surface area contributed by atoms with Gasteiger partial charge in [-0.25, -0.2) is 0 Å². The van der Waals surface area contributed by atoms with Gasteiger partial charge in [-0.3, -0.25) is 4.79 Å². The average Bonchev–Trinajstić information content (AvgIpc) is 2.79. The first-order valence-corrected chi connectivity index (χ1v) is 11.7. The standard InChI is InChI=1S/C25H33Cl2NO5/c1-4-5-13-22-24(27)21(29)17-25(31,33-22)16-15-19(3)20(26)12-8-6-10-18(2)11-7-9-14-23(30)28-32/h5-14,19,21-22,24,29,31H,4,15-17H2,1-3H3/b8-6+,11-7+,13-5+,14-9+,18-10+,20-12-/t19-,21?,22?,24?,25?/m0/s1. The Morgan fingerprint density at radius 1 is 1.24 bits per heavy atom. The van der Waals surface area contributed by atoms with Gasteiger partial charge in [-0.1, -0.05) is 79.6 Å². The number of rotatable bonds is 11. The molecule has 0 aromatic heterocycles. The van der Waals surface area contributed by atoms with Crippen LogP contribution in [0.1, 0.15) is 46.5 Å². The van der Waals surface area contributed by atoms with Gasteiger partial charge in [-0.2, -0.15) is 0 Å². The highest BCUT2D eigenvalue weighted by Gasteiger charge is 2.44. The van der Waals surface area contributed by atoms with Gasteiger partial charge in [-0.05, 0) is 31.8 Å². The van der Waals surface area contributed by atoms with E-state index in [1.165, 1.54) is 6.08 Å². The van der Waals surface area contributed by atoms with Gasteiger partial charge in [0.15, 0.2) is 5.79 Å². The molecule has 8 heteroatoms. The van der Waals surface area contributed by atoms with Gasteiger partial charge in [0.25, 0.3) is 0 Å². The lowest BCUT2D eigenvalue weighted by atomic mass is 9.91. The summed E-state index contributed by atoms with van der Waals surface area (Å²) in [7, 11) is 0. The molecule has 1 rings (SSSR count). The van der Waals surface area contributed by atoms with Crippen LogP contribution >= 0.6 is 23.2 Å². The van der Waals surface area contributed by atoms with Crippen LogP contribution in [-0.2, 0) is 9.53 Å². The smallest absolute Gasteiger partial charge is 0.309 e. The largest absolute Gasteiger partial charge is 0.391 e. The summed E-state index contributed by atoms with van der Waals surface area (Å²) in [6, 6.07) is 0. The Morgan fingerprint density at radius 3 is 2.58 bits per heavy atom. The fraction of sp³-hybridized carbons (Fsp3) is 0.480. The molecule has 1 heterocycles. The van der Waals surface area contributed by atoms with E-state index in [-0.39, 0.29) is 12.3 Å². The van der Waals surface area contributed by atoms with Crippen molar-refractivity contribution in [2.45, 2.75) is 69.8 Å². The maximum Gasteiger partial charge on any atom is 0.309 e. The van der Waals surface area contributed by atoms with Crippen molar-refractivity contribution in [1.82, 2.24) is 0 Å². The van der Waals surface area contributed by atoms with E-state index in [9.17, 15) is 19.9 Å². The Hall–Kier alpha value is -1.83. The normalized spacial score (nSPS) is 28.4. The minimum Gasteiger partial charge on any atom is -0.391 e. The fourth-order valence-electron chi connectivity index (χ4n) is 3.13. The molecule has 5 atom stereocenters. The van der Waals surface area contributed by atoms with E-state index in [1.54, 1.807) is 24.3 Å². The molecule has 1 saturated heterocycles. The minimum absolute atomic E-state index is 0.0153. The van der Waals surface area contributed by atoms with E-state index < -0.39 is 29.3 Å². The van der Waals surface area contributed by atoms with E-state index in [4.69, 9.17) is 27.9 Å².